The van der Waals surface area contributed by atoms with Gasteiger partial charge in [-0.25, -0.2) is 0 Å². The normalized spacial score (nSPS) is 20.6. The highest BCUT2D eigenvalue weighted by atomic mass is 16.7. The van der Waals surface area contributed by atoms with Gasteiger partial charge < -0.3 is 19.6 Å². The summed E-state index contributed by atoms with van der Waals surface area (Å²) in [7, 11) is 3.09. The Balaban J connectivity index is 1.70. The van der Waals surface area contributed by atoms with E-state index in [0.29, 0.717) is 39.6 Å². The summed E-state index contributed by atoms with van der Waals surface area (Å²) in [6.07, 6.45) is 0. The zero-order valence-electron chi connectivity index (χ0n) is 18.4. The number of ketones is 1. The van der Waals surface area contributed by atoms with E-state index >= 15 is 0 Å². The van der Waals surface area contributed by atoms with Crippen molar-refractivity contribution < 1.29 is 23.9 Å². The van der Waals surface area contributed by atoms with Crippen LogP contribution in [0.3, 0.4) is 0 Å². The molecule has 3 aromatic rings. The fourth-order valence-electron chi connectivity index (χ4n) is 4.46. The lowest BCUT2D eigenvalue weighted by atomic mass is 9.74. The second-order valence-corrected chi connectivity index (χ2v) is 8.03. The van der Waals surface area contributed by atoms with Gasteiger partial charge in [-0.3, -0.25) is 9.59 Å². The molecule has 7 nitrogen and oxygen atoms in total. The average Bonchev–Trinajstić information content (AvgIpc) is 3.37. The highest BCUT2D eigenvalue weighted by molar-refractivity contribution is 6.25. The van der Waals surface area contributed by atoms with E-state index in [1.807, 2.05) is 31.2 Å². The van der Waals surface area contributed by atoms with Crippen LogP contribution in [0.1, 0.15) is 27.0 Å². The second kappa shape index (κ2) is 7.78. The summed E-state index contributed by atoms with van der Waals surface area (Å²) in [5.41, 5.74) is 1.93. The molecule has 0 saturated carbocycles. The summed E-state index contributed by atoms with van der Waals surface area (Å²) in [5.74, 6) is -0.667. The van der Waals surface area contributed by atoms with E-state index in [9.17, 15) is 9.59 Å². The van der Waals surface area contributed by atoms with E-state index in [2.05, 4.69) is 10.5 Å². The van der Waals surface area contributed by atoms with Gasteiger partial charge in [0.05, 0.1) is 14.2 Å². The molecule has 1 spiro atoms. The van der Waals surface area contributed by atoms with Crippen molar-refractivity contribution in [2.24, 2.45) is 11.1 Å². The number of rotatable bonds is 5. The largest absolute Gasteiger partial charge is 0.497 e. The van der Waals surface area contributed by atoms with E-state index in [1.54, 1.807) is 49.6 Å². The maximum atomic E-state index is 14.0. The smallest absolute Gasteiger partial charge is 0.277 e. The van der Waals surface area contributed by atoms with Gasteiger partial charge in [0.2, 0.25) is 0 Å². The number of nitrogens with one attached hydrogen (secondary N) is 1. The van der Waals surface area contributed by atoms with Crippen LogP contribution in [0.5, 0.6) is 11.5 Å². The van der Waals surface area contributed by atoms with E-state index in [-0.39, 0.29) is 5.78 Å². The molecule has 0 bridgehead atoms. The number of anilines is 1. The fraction of sp³-hybridized carbons (Fsp3) is 0.192. The van der Waals surface area contributed by atoms with E-state index < -0.39 is 17.4 Å². The average molecular weight is 442 g/mol. The maximum Gasteiger partial charge on any atom is 0.277 e. The molecule has 2 heterocycles. The highest BCUT2D eigenvalue weighted by Gasteiger charge is 2.63. The molecule has 33 heavy (non-hydrogen) atoms. The minimum Gasteiger partial charge on any atom is -0.497 e. The van der Waals surface area contributed by atoms with Crippen molar-refractivity contribution in [2.75, 3.05) is 19.5 Å². The standard InChI is InChI=1S/C26H22N2O5/c1-15-8-10-16(11-9-15)24(29)22-23(18-13-12-17(31-2)14-21(18)32-3)28-33-26(22)19-6-4-5-7-20(19)27-25(26)30/h4-14,22H,1-3H3,(H,27,30)/t22-,26+/m0/s1. The first-order valence-corrected chi connectivity index (χ1v) is 10.5. The van der Waals surface area contributed by atoms with Crippen molar-refractivity contribution in [3.8, 4) is 11.5 Å². The third-order valence-electron chi connectivity index (χ3n) is 6.16. The van der Waals surface area contributed by atoms with Crippen molar-refractivity contribution in [3.63, 3.8) is 0 Å². The minimum absolute atomic E-state index is 0.268. The van der Waals surface area contributed by atoms with Gasteiger partial charge in [0.25, 0.3) is 11.5 Å². The Hall–Kier alpha value is -4.13. The van der Waals surface area contributed by atoms with E-state index in [0.717, 1.165) is 5.56 Å². The number of hydrogen-bond donors (Lipinski definition) is 1. The molecule has 2 aliphatic rings. The molecule has 0 saturated heterocycles. The number of nitrogens with zero attached hydrogens (tertiary/aromatic N) is 1. The molecule has 3 aromatic carbocycles. The van der Waals surface area contributed by atoms with E-state index in [4.69, 9.17) is 14.3 Å². The summed E-state index contributed by atoms with van der Waals surface area (Å²) in [5, 5.41) is 7.17. The minimum atomic E-state index is -1.61. The van der Waals surface area contributed by atoms with Gasteiger partial charge in [0.15, 0.2) is 5.78 Å². The summed E-state index contributed by atoms with van der Waals surface area (Å²) < 4.78 is 10.9. The third kappa shape index (κ3) is 3.08. The van der Waals surface area contributed by atoms with Gasteiger partial charge in [0.1, 0.15) is 23.1 Å². The number of aryl methyl sites for hydroxylation is 1. The number of carbonyl (C=O) groups is 2. The molecule has 1 amide bonds. The predicted octanol–water partition coefficient (Wildman–Crippen LogP) is 4.09. The number of para-hydroxylation sites is 1. The van der Waals surface area contributed by atoms with Crippen LogP contribution in [0, 0.1) is 12.8 Å². The first kappa shape index (κ1) is 20.8. The molecule has 1 N–H and O–H groups in total. The van der Waals surface area contributed by atoms with Crippen LogP contribution >= 0.6 is 0 Å². The number of fused-ring (bicyclic) bond motifs is 2. The van der Waals surface area contributed by atoms with Crippen LogP contribution in [0.25, 0.3) is 0 Å². The molecule has 0 unspecified atom stereocenters. The zero-order chi connectivity index (χ0) is 23.2. The number of oxime groups is 1. The number of methoxy groups -OCH3 is 2. The summed E-state index contributed by atoms with van der Waals surface area (Å²) in [4.78, 5) is 33.3. The quantitative estimate of drug-likeness (QED) is 0.602. The molecule has 166 valence electrons. The summed E-state index contributed by atoms with van der Waals surface area (Å²) in [6, 6.07) is 19.6. The Kier molecular flexibility index (Phi) is 4.89. The van der Waals surface area contributed by atoms with E-state index in [1.165, 1.54) is 7.11 Å². The van der Waals surface area contributed by atoms with Gasteiger partial charge in [-0.1, -0.05) is 53.2 Å². The molecule has 5 rings (SSSR count). The fourth-order valence-corrected chi connectivity index (χ4v) is 4.46. The Labute approximate surface area is 191 Å². The van der Waals surface area contributed by atoms with Gasteiger partial charge in [-0.2, -0.15) is 0 Å². The lowest BCUT2D eigenvalue weighted by molar-refractivity contribution is -0.140. The lowest BCUT2D eigenvalue weighted by Gasteiger charge is -2.27. The van der Waals surface area contributed by atoms with Gasteiger partial charge in [-0.15, -0.1) is 0 Å². The van der Waals surface area contributed by atoms with Crippen molar-refractivity contribution in [3.05, 3.63) is 89.0 Å². The molecule has 0 aliphatic carbocycles. The number of carbonyl (C=O) groups excluding carboxylic acids is 2. The molecule has 0 radical (unpaired) electrons. The van der Waals surface area contributed by atoms with Gasteiger partial charge >= 0.3 is 0 Å². The third-order valence-corrected chi connectivity index (χ3v) is 6.16. The Morgan fingerprint density at radius 2 is 1.79 bits per heavy atom. The Morgan fingerprint density at radius 3 is 2.52 bits per heavy atom. The molecule has 7 heteroatoms. The molecular weight excluding hydrogens is 420 g/mol. The first-order valence-electron chi connectivity index (χ1n) is 10.5. The second-order valence-electron chi connectivity index (χ2n) is 8.03. The topological polar surface area (TPSA) is 86.2 Å². The van der Waals surface area contributed by atoms with Crippen LogP contribution < -0.4 is 14.8 Å². The Morgan fingerprint density at radius 1 is 1.03 bits per heavy atom. The number of benzene rings is 3. The zero-order valence-corrected chi connectivity index (χ0v) is 18.4. The number of hydrogen-bond acceptors (Lipinski definition) is 6. The van der Waals surface area contributed by atoms with Crippen LogP contribution in [-0.4, -0.2) is 31.6 Å². The predicted molar refractivity (Wildman–Crippen MR) is 123 cm³/mol. The van der Waals surface area contributed by atoms with Crippen LogP contribution in [-0.2, 0) is 15.2 Å². The summed E-state index contributed by atoms with van der Waals surface area (Å²) in [6.45, 7) is 1.95. The number of amides is 1. The highest BCUT2D eigenvalue weighted by Crippen LogP contribution is 2.50. The maximum absolute atomic E-state index is 14.0. The SMILES string of the molecule is COc1ccc(C2=NO[C@@]3(C(=O)Nc4ccccc43)[C@@H]2C(=O)c2ccc(C)cc2)c(OC)c1. The molecule has 0 fully saturated rings. The molecule has 2 atom stereocenters. The van der Waals surface area contributed by atoms with Crippen LogP contribution in [0.15, 0.2) is 71.9 Å². The van der Waals surface area contributed by atoms with Crippen LogP contribution in [0.4, 0.5) is 5.69 Å². The first-order chi connectivity index (χ1) is 16.0. The number of Topliss-reactive ketones (excluding diaryl/α,β-unsaturated/α-hetero) is 1. The van der Waals surface area contributed by atoms with Gasteiger partial charge in [-0.05, 0) is 25.1 Å². The van der Waals surface area contributed by atoms with Crippen molar-refractivity contribution >= 4 is 23.1 Å². The Bertz CT molecular complexity index is 1300. The molecule has 0 aromatic heterocycles. The monoisotopic (exact) mass is 442 g/mol. The molecular formula is C26H22N2O5. The van der Waals surface area contributed by atoms with Crippen molar-refractivity contribution in [1.29, 1.82) is 0 Å². The van der Waals surface area contributed by atoms with Gasteiger partial charge in [0, 0.05) is 28.4 Å². The lowest BCUT2D eigenvalue weighted by Crippen LogP contribution is -2.46. The van der Waals surface area contributed by atoms with Crippen molar-refractivity contribution in [2.45, 2.75) is 12.5 Å². The van der Waals surface area contributed by atoms with Crippen LogP contribution in [0.2, 0.25) is 0 Å². The molecule has 2 aliphatic heterocycles. The number of ether oxygens (including phenoxy) is 2. The summed E-state index contributed by atoms with van der Waals surface area (Å²) >= 11 is 0. The van der Waals surface area contributed by atoms with Crippen molar-refractivity contribution in [1.82, 2.24) is 0 Å².